The van der Waals surface area contributed by atoms with Crippen molar-refractivity contribution in [3.8, 4) is 5.88 Å². The third-order valence-corrected chi connectivity index (χ3v) is 4.44. The number of rotatable bonds is 5. The SMILES string of the molecule is CCNC(=NCc1ccc(OC)nc1)N1CCC(c2cnn(C)c2)C1.I. The van der Waals surface area contributed by atoms with Crippen molar-refractivity contribution in [1.29, 1.82) is 0 Å². The van der Waals surface area contributed by atoms with E-state index < -0.39 is 0 Å². The van der Waals surface area contributed by atoms with Crippen molar-refractivity contribution in [3.63, 3.8) is 0 Å². The molecule has 1 fully saturated rings. The number of pyridine rings is 1. The number of aromatic nitrogens is 3. The van der Waals surface area contributed by atoms with Gasteiger partial charge in [0.2, 0.25) is 5.88 Å². The lowest BCUT2D eigenvalue weighted by atomic mass is 10.0. The number of nitrogens with zero attached hydrogens (tertiary/aromatic N) is 5. The Kier molecular flexibility index (Phi) is 7.67. The van der Waals surface area contributed by atoms with Crippen LogP contribution >= 0.6 is 24.0 Å². The minimum absolute atomic E-state index is 0. The van der Waals surface area contributed by atoms with Crippen LogP contribution in [0.4, 0.5) is 0 Å². The van der Waals surface area contributed by atoms with E-state index in [0.29, 0.717) is 18.3 Å². The summed E-state index contributed by atoms with van der Waals surface area (Å²) in [5.41, 5.74) is 2.37. The molecule has 1 N–H and O–H groups in total. The highest BCUT2D eigenvalue weighted by Crippen LogP contribution is 2.26. The molecule has 0 saturated carbocycles. The molecule has 2 aromatic heterocycles. The predicted octanol–water partition coefficient (Wildman–Crippen LogP) is 2.40. The molecule has 1 aliphatic rings. The van der Waals surface area contributed by atoms with Gasteiger partial charge in [0.25, 0.3) is 0 Å². The normalized spacial score (nSPS) is 17.1. The van der Waals surface area contributed by atoms with Crippen LogP contribution < -0.4 is 10.1 Å². The summed E-state index contributed by atoms with van der Waals surface area (Å²) in [5.74, 6) is 2.10. The van der Waals surface area contributed by atoms with Gasteiger partial charge in [-0.05, 0) is 24.5 Å². The van der Waals surface area contributed by atoms with Gasteiger partial charge in [0.15, 0.2) is 5.96 Å². The fourth-order valence-electron chi connectivity index (χ4n) is 3.09. The maximum atomic E-state index is 5.10. The van der Waals surface area contributed by atoms with Gasteiger partial charge in [-0.25, -0.2) is 9.98 Å². The topological polar surface area (TPSA) is 67.6 Å². The third-order valence-electron chi connectivity index (χ3n) is 4.44. The molecule has 3 heterocycles. The van der Waals surface area contributed by atoms with Gasteiger partial charge in [-0.2, -0.15) is 5.10 Å². The van der Waals surface area contributed by atoms with Gasteiger partial charge < -0.3 is 15.0 Å². The molecule has 1 unspecified atom stereocenters. The molecule has 2 aromatic rings. The van der Waals surface area contributed by atoms with Crippen molar-refractivity contribution >= 4 is 29.9 Å². The highest BCUT2D eigenvalue weighted by molar-refractivity contribution is 14.0. The fourth-order valence-corrected chi connectivity index (χ4v) is 3.09. The van der Waals surface area contributed by atoms with Crippen molar-refractivity contribution in [2.75, 3.05) is 26.7 Å². The molecular weight excluding hydrogens is 443 g/mol. The van der Waals surface area contributed by atoms with Crippen molar-refractivity contribution in [2.24, 2.45) is 12.0 Å². The van der Waals surface area contributed by atoms with E-state index in [9.17, 15) is 0 Å². The first kappa shape index (κ1) is 20.5. The number of halogens is 1. The predicted molar refractivity (Wildman–Crippen MR) is 113 cm³/mol. The Balaban J connectivity index is 0.00000243. The van der Waals surface area contributed by atoms with Crippen LogP contribution in [0.2, 0.25) is 0 Å². The largest absolute Gasteiger partial charge is 0.481 e. The number of guanidine groups is 1. The second-order valence-electron chi connectivity index (χ2n) is 6.26. The van der Waals surface area contributed by atoms with E-state index in [1.165, 1.54) is 5.56 Å². The summed E-state index contributed by atoms with van der Waals surface area (Å²) in [6.45, 7) is 5.53. The first-order chi connectivity index (χ1) is 12.2. The Labute approximate surface area is 171 Å². The van der Waals surface area contributed by atoms with Crippen LogP contribution in [0, 0.1) is 0 Å². The van der Waals surface area contributed by atoms with Gasteiger partial charge in [-0.3, -0.25) is 4.68 Å². The monoisotopic (exact) mass is 470 g/mol. The number of likely N-dealkylation sites (tertiary alicyclic amines) is 1. The molecule has 1 saturated heterocycles. The van der Waals surface area contributed by atoms with Crippen LogP contribution in [-0.4, -0.2) is 52.4 Å². The minimum Gasteiger partial charge on any atom is -0.481 e. The van der Waals surface area contributed by atoms with Gasteiger partial charge in [-0.1, -0.05) is 6.07 Å². The Hall–Kier alpha value is -1.84. The highest BCUT2D eigenvalue weighted by Gasteiger charge is 2.26. The number of methoxy groups -OCH3 is 1. The molecule has 3 rings (SSSR count). The van der Waals surface area contributed by atoms with Gasteiger partial charge in [0, 0.05) is 51.1 Å². The molecular formula is C18H27IN6O. The van der Waals surface area contributed by atoms with Gasteiger partial charge >= 0.3 is 0 Å². The average molecular weight is 470 g/mol. The number of aliphatic imine (C=N–C) groups is 1. The van der Waals surface area contributed by atoms with E-state index in [1.807, 2.05) is 36.3 Å². The number of aryl methyl sites for hydroxylation is 1. The summed E-state index contributed by atoms with van der Waals surface area (Å²) in [6, 6.07) is 3.87. The molecule has 1 aliphatic heterocycles. The van der Waals surface area contributed by atoms with Crippen LogP contribution in [-0.2, 0) is 13.6 Å². The molecule has 1 atom stereocenters. The maximum absolute atomic E-state index is 5.10. The Morgan fingerprint density at radius 3 is 2.85 bits per heavy atom. The Morgan fingerprint density at radius 2 is 2.23 bits per heavy atom. The van der Waals surface area contributed by atoms with Gasteiger partial charge in [-0.15, -0.1) is 24.0 Å². The zero-order valence-corrected chi connectivity index (χ0v) is 17.9. The summed E-state index contributed by atoms with van der Waals surface area (Å²) in [4.78, 5) is 11.4. The van der Waals surface area contributed by atoms with Crippen LogP contribution in [0.15, 0.2) is 35.7 Å². The lowest BCUT2D eigenvalue weighted by molar-refractivity contribution is 0.397. The second kappa shape index (κ2) is 9.75. The second-order valence-corrected chi connectivity index (χ2v) is 6.26. The first-order valence-corrected chi connectivity index (χ1v) is 8.70. The van der Waals surface area contributed by atoms with Crippen molar-refractivity contribution in [2.45, 2.75) is 25.8 Å². The van der Waals surface area contributed by atoms with Crippen LogP contribution in [0.3, 0.4) is 0 Å². The van der Waals surface area contributed by atoms with Crippen molar-refractivity contribution in [3.05, 3.63) is 41.9 Å². The summed E-state index contributed by atoms with van der Waals surface area (Å²) < 4.78 is 6.96. The summed E-state index contributed by atoms with van der Waals surface area (Å²) in [6.07, 6.45) is 7.02. The molecule has 0 radical (unpaired) electrons. The quantitative estimate of drug-likeness (QED) is 0.413. The molecule has 0 aromatic carbocycles. The summed E-state index contributed by atoms with van der Waals surface area (Å²) in [5, 5.41) is 7.70. The molecule has 142 valence electrons. The van der Waals surface area contributed by atoms with Crippen LogP contribution in [0.25, 0.3) is 0 Å². The number of hydrogen-bond donors (Lipinski definition) is 1. The number of hydrogen-bond acceptors (Lipinski definition) is 4. The molecule has 8 heteroatoms. The van der Waals surface area contributed by atoms with Gasteiger partial charge in [0.05, 0.1) is 19.9 Å². The highest BCUT2D eigenvalue weighted by atomic mass is 127. The standard InChI is InChI=1S/C18H26N6O.HI/c1-4-19-18(21-10-14-5-6-17(25-3)20-9-14)24-8-7-15(13-24)16-11-22-23(2)12-16;/h5-6,9,11-12,15H,4,7-8,10,13H2,1-3H3,(H,19,21);1H. The zero-order chi connectivity index (χ0) is 17.6. The maximum Gasteiger partial charge on any atom is 0.212 e. The summed E-state index contributed by atoms with van der Waals surface area (Å²) >= 11 is 0. The van der Waals surface area contributed by atoms with E-state index in [4.69, 9.17) is 9.73 Å². The zero-order valence-electron chi connectivity index (χ0n) is 15.6. The van der Waals surface area contributed by atoms with Crippen molar-refractivity contribution < 1.29 is 4.74 Å². The van der Waals surface area contributed by atoms with Crippen LogP contribution in [0.5, 0.6) is 5.88 Å². The van der Waals surface area contributed by atoms with E-state index in [0.717, 1.165) is 37.6 Å². The molecule has 0 bridgehead atoms. The molecule has 7 nitrogen and oxygen atoms in total. The van der Waals surface area contributed by atoms with E-state index in [1.54, 1.807) is 7.11 Å². The van der Waals surface area contributed by atoms with E-state index >= 15 is 0 Å². The molecule has 0 aliphatic carbocycles. The third kappa shape index (κ3) is 5.09. The lowest BCUT2D eigenvalue weighted by Gasteiger charge is -2.21. The lowest BCUT2D eigenvalue weighted by Crippen LogP contribution is -2.40. The molecule has 0 spiro atoms. The number of nitrogens with one attached hydrogen (secondary N) is 1. The first-order valence-electron chi connectivity index (χ1n) is 8.70. The fraction of sp³-hybridized carbons (Fsp3) is 0.500. The summed E-state index contributed by atoms with van der Waals surface area (Å²) in [7, 11) is 3.58. The Morgan fingerprint density at radius 1 is 1.38 bits per heavy atom. The number of ether oxygens (including phenoxy) is 1. The Bertz CT molecular complexity index is 715. The smallest absolute Gasteiger partial charge is 0.212 e. The molecule has 0 amide bonds. The van der Waals surface area contributed by atoms with Crippen LogP contribution in [0.1, 0.15) is 30.4 Å². The minimum atomic E-state index is 0. The van der Waals surface area contributed by atoms with E-state index in [-0.39, 0.29) is 24.0 Å². The van der Waals surface area contributed by atoms with Crippen molar-refractivity contribution in [1.82, 2.24) is 25.0 Å². The van der Waals surface area contributed by atoms with Gasteiger partial charge in [0.1, 0.15) is 0 Å². The van der Waals surface area contributed by atoms with E-state index in [2.05, 4.69) is 33.4 Å². The average Bonchev–Trinajstić information content (AvgIpc) is 3.28. The molecule has 26 heavy (non-hydrogen) atoms.